The molecule has 0 aliphatic carbocycles. The quantitative estimate of drug-likeness (QED) is 0.804. The molecule has 0 saturated heterocycles. The molecule has 0 amide bonds. The predicted octanol–water partition coefficient (Wildman–Crippen LogP) is 2.12. The molecule has 5 heteroatoms. The van der Waals surface area contributed by atoms with Gasteiger partial charge in [-0.2, -0.15) is 0 Å². The standard InChI is InChI=1S/C10H11ClN4/c1-6-3-4-8(5-9(6)11)15-7(2)10(12)13-14-15/h3-5H,12H2,1-2H3. The molecule has 0 radical (unpaired) electrons. The molecule has 0 saturated carbocycles. The van der Waals surface area contributed by atoms with E-state index in [9.17, 15) is 0 Å². The molecular formula is C10H11ClN4. The van der Waals surface area contributed by atoms with Gasteiger partial charge in [-0.3, -0.25) is 0 Å². The monoisotopic (exact) mass is 222 g/mol. The van der Waals surface area contributed by atoms with Crippen molar-refractivity contribution in [2.45, 2.75) is 13.8 Å². The molecule has 1 heterocycles. The number of nitrogens with zero attached hydrogens (tertiary/aromatic N) is 3. The molecule has 0 fully saturated rings. The van der Waals surface area contributed by atoms with Crippen LogP contribution in [0.5, 0.6) is 0 Å². The summed E-state index contributed by atoms with van der Waals surface area (Å²) in [5, 5.41) is 8.44. The third kappa shape index (κ3) is 1.68. The SMILES string of the molecule is Cc1ccc(-n2nnc(N)c2C)cc1Cl. The lowest BCUT2D eigenvalue weighted by Gasteiger charge is -2.04. The lowest BCUT2D eigenvalue weighted by molar-refractivity contribution is 0.785. The maximum Gasteiger partial charge on any atom is 0.169 e. The summed E-state index contributed by atoms with van der Waals surface area (Å²) in [6.07, 6.45) is 0. The average molecular weight is 223 g/mol. The molecule has 0 unspecified atom stereocenters. The summed E-state index contributed by atoms with van der Waals surface area (Å²) in [5.41, 5.74) is 8.33. The predicted molar refractivity (Wildman–Crippen MR) is 60.3 cm³/mol. The summed E-state index contributed by atoms with van der Waals surface area (Å²) in [6, 6.07) is 5.72. The normalized spacial score (nSPS) is 10.6. The van der Waals surface area contributed by atoms with Gasteiger partial charge in [0.2, 0.25) is 0 Å². The fourth-order valence-corrected chi connectivity index (χ4v) is 1.47. The minimum Gasteiger partial charge on any atom is -0.381 e. The van der Waals surface area contributed by atoms with Crippen LogP contribution in [0, 0.1) is 13.8 Å². The second kappa shape index (κ2) is 3.55. The number of nitrogens with two attached hydrogens (primary N) is 1. The lowest BCUT2D eigenvalue weighted by atomic mass is 10.2. The van der Waals surface area contributed by atoms with Gasteiger partial charge in [-0.05, 0) is 31.5 Å². The first kappa shape index (κ1) is 9.98. The Morgan fingerprint density at radius 3 is 2.60 bits per heavy atom. The van der Waals surface area contributed by atoms with E-state index in [-0.39, 0.29) is 0 Å². The Morgan fingerprint density at radius 2 is 2.07 bits per heavy atom. The number of anilines is 1. The fourth-order valence-electron chi connectivity index (χ4n) is 1.30. The van der Waals surface area contributed by atoms with Crippen molar-refractivity contribution < 1.29 is 0 Å². The van der Waals surface area contributed by atoms with E-state index < -0.39 is 0 Å². The summed E-state index contributed by atoms with van der Waals surface area (Å²) < 4.78 is 1.67. The van der Waals surface area contributed by atoms with Crippen LogP contribution in [0.2, 0.25) is 5.02 Å². The largest absolute Gasteiger partial charge is 0.381 e. The minimum absolute atomic E-state index is 0.437. The number of halogens is 1. The smallest absolute Gasteiger partial charge is 0.169 e. The Morgan fingerprint density at radius 1 is 1.33 bits per heavy atom. The third-order valence-electron chi connectivity index (χ3n) is 2.33. The number of aromatic nitrogens is 3. The summed E-state index contributed by atoms with van der Waals surface area (Å²) >= 11 is 6.03. The summed E-state index contributed by atoms with van der Waals surface area (Å²) in [7, 11) is 0. The van der Waals surface area contributed by atoms with E-state index in [0.717, 1.165) is 16.9 Å². The number of nitrogen functional groups attached to an aromatic ring is 1. The fraction of sp³-hybridized carbons (Fsp3) is 0.200. The highest BCUT2D eigenvalue weighted by Crippen LogP contribution is 2.20. The van der Waals surface area contributed by atoms with Crippen LogP contribution in [0.25, 0.3) is 5.69 Å². The van der Waals surface area contributed by atoms with Gasteiger partial charge in [-0.1, -0.05) is 22.9 Å². The maximum atomic E-state index is 6.03. The minimum atomic E-state index is 0.437. The van der Waals surface area contributed by atoms with Gasteiger partial charge in [0.25, 0.3) is 0 Å². The van der Waals surface area contributed by atoms with Gasteiger partial charge < -0.3 is 5.73 Å². The molecule has 2 N–H and O–H groups in total. The van der Waals surface area contributed by atoms with E-state index in [1.54, 1.807) is 4.68 Å². The van der Waals surface area contributed by atoms with Gasteiger partial charge in [-0.25, -0.2) is 4.68 Å². The van der Waals surface area contributed by atoms with Crippen LogP contribution in [0.1, 0.15) is 11.3 Å². The van der Waals surface area contributed by atoms with E-state index >= 15 is 0 Å². The summed E-state index contributed by atoms with van der Waals surface area (Å²) in [6.45, 7) is 3.82. The lowest BCUT2D eigenvalue weighted by Crippen LogP contribution is -1.99. The number of rotatable bonds is 1. The van der Waals surface area contributed by atoms with Crippen LogP contribution in [0.15, 0.2) is 18.2 Å². The second-order valence-corrected chi connectivity index (χ2v) is 3.81. The first-order valence-electron chi connectivity index (χ1n) is 4.54. The van der Waals surface area contributed by atoms with Crippen LogP contribution < -0.4 is 5.73 Å². The van der Waals surface area contributed by atoms with E-state index in [1.807, 2.05) is 32.0 Å². The third-order valence-corrected chi connectivity index (χ3v) is 2.74. The first-order valence-corrected chi connectivity index (χ1v) is 4.91. The van der Waals surface area contributed by atoms with Gasteiger partial charge in [0.05, 0.1) is 11.4 Å². The Balaban J connectivity index is 2.55. The van der Waals surface area contributed by atoms with Crippen molar-refractivity contribution in [3.8, 4) is 5.69 Å². The molecule has 15 heavy (non-hydrogen) atoms. The van der Waals surface area contributed by atoms with Crippen molar-refractivity contribution >= 4 is 17.4 Å². The highest BCUT2D eigenvalue weighted by atomic mass is 35.5. The van der Waals surface area contributed by atoms with E-state index in [4.69, 9.17) is 17.3 Å². The van der Waals surface area contributed by atoms with Gasteiger partial charge >= 0.3 is 0 Å². The highest BCUT2D eigenvalue weighted by molar-refractivity contribution is 6.31. The number of aryl methyl sites for hydroxylation is 1. The van der Waals surface area contributed by atoms with Gasteiger partial charge in [0.15, 0.2) is 5.82 Å². The van der Waals surface area contributed by atoms with Crippen molar-refractivity contribution in [1.82, 2.24) is 15.0 Å². The molecule has 2 aromatic rings. The average Bonchev–Trinajstić information content (AvgIpc) is 2.53. The Bertz CT molecular complexity index is 504. The van der Waals surface area contributed by atoms with Crippen LogP contribution >= 0.6 is 11.6 Å². The van der Waals surface area contributed by atoms with Crippen LogP contribution in [0.3, 0.4) is 0 Å². The molecule has 0 aliphatic rings. The van der Waals surface area contributed by atoms with Crippen molar-refractivity contribution in [3.05, 3.63) is 34.5 Å². The number of hydrogen-bond acceptors (Lipinski definition) is 3. The number of hydrogen-bond donors (Lipinski definition) is 1. The molecule has 0 spiro atoms. The zero-order chi connectivity index (χ0) is 11.0. The molecule has 1 aromatic carbocycles. The molecule has 0 atom stereocenters. The zero-order valence-electron chi connectivity index (χ0n) is 8.53. The van der Waals surface area contributed by atoms with Gasteiger partial charge in [0, 0.05) is 5.02 Å². The van der Waals surface area contributed by atoms with Crippen molar-refractivity contribution in [3.63, 3.8) is 0 Å². The molecule has 1 aromatic heterocycles. The maximum absolute atomic E-state index is 6.03. The topological polar surface area (TPSA) is 56.7 Å². The van der Waals surface area contributed by atoms with Gasteiger partial charge in [-0.15, -0.1) is 5.10 Å². The molecule has 2 rings (SSSR count). The molecular weight excluding hydrogens is 212 g/mol. The van der Waals surface area contributed by atoms with Crippen LogP contribution in [-0.4, -0.2) is 15.0 Å². The molecule has 0 bridgehead atoms. The van der Waals surface area contributed by atoms with Crippen molar-refractivity contribution in [2.75, 3.05) is 5.73 Å². The summed E-state index contributed by atoms with van der Waals surface area (Å²) in [4.78, 5) is 0. The molecule has 78 valence electrons. The van der Waals surface area contributed by atoms with Crippen molar-refractivity contribution in [2.24, 2.45) is 0 Å². The first-order chi connectivity index (χ1) is 7.09. The number of benzene rings is 1. The van der Waals surface area contributed by atoms with E-state index in [0.29, 0.717) is 10.8 Å². The molecule has 4 nitrogen and oxygen atoms in total. The summed E-state index contributed by atoms with van der Waals surface area (Å²) in [5.74, 6) is 0.437. The van der Waals surface area contributed by atoms with Gasteiger partial charge in [0.1, 0.15) is 0 Å². The van der Waals surface area contributed by atoms with Crippen LogP contribution in [-0.2, 0) is 0 Å². The van der Waals surface area contributed by atoms with E-state index in [2.05, 4.69) is 10.3 Å². The Hall–Kier alpha value is -1.55. The second-order valence-electron chi connectivity index (χ2n) is 3.41. The zero-order valence-corrected chi connectivity index (χ0v) is 9.28. The van der Waals surface area contributed by atoms with Crippen molar-refractivity contribution in [1.29, 1.82) is 0 Å². The Kier molecular flexibility index (Phi) is 2.36. The van der Waals surface area contributed by atoms with Crippen LogP contribution in [0.4, 0.5) is 5.82 Å². The Labute approximate surface area is 92.7 Å². The molecule has 0 aliphatic heterocycles. The highest BCUT2D eigenvalue weighted by Gasteiger charge is 2.07. The van der Waals surface area contributed by atoms with E-state index in [1.165, 1.54) is 0 Å².